The fourth-order valence-electron chi connectivity index (χ4n) is 3.34. The first-order valence-electron chi connectivity index (χ1n) is 7.63. The van der Waals surface area contributed by atoms with Gasteiger partial charge in [0.05, 0.1) is 0 Å². The average molecular weight is 365 g/mol. The van der Waals surface area contributed by atoms with Gasteiger partial charge in [-0.05, 0) is 50.1 Å². The molecule has 0 radical (unpaired) electrons. The van der Waals surface area contributed by atoms with Crippen LogP contribution < -0.4 is 0 Å². The predicted octanol–water partition coefficient (Wildman–Crippen LogP) is 6.39. The summed E-state index contributed by atoms with van der Waals surface area (Å²) in [4.78, 5) is 0. The van der Waals surface area contributed by atoms with E-state index in [2.05, 4.69) is 64.8 Å². The van der Waals surface area contributed by atoms with Crippen molar-refractivity contribution in [1.82, 2.24) is 10.2 Å². The summed E-state index contributed by atoms with van der Waals surface area (Å²) in [5.41, 5.74) is 1.34. The molecule has 24 heavy (non-hydrogen) atoms. The first-order valence-corrected chi connectivity index (χ1v) is 9.84. The van der Waals surface area contributed by atoms with Crippen molar-refractivity contribution in [2.75, 3.05) is 0 Å². The number of nitrogens with zero attached hydrogens (tertiary/aromatic N) is 1. The zero-order chi connectivity index (χ0) is 16.1. The van der Waals surface area contributed by atoms with Crippen LogP contribution in [0.15, 0.2) is 58.9 Å². The van der Waals surface area contributed by atoms with E-state index in [1.54, 1.807) is 11.8 Å². The first-order chi connectivity index (χ1) is 11.8. The minimum absolute atomic E-state index is 0.730. The van der Waals surface area contributed by atoms with Gasteiger partial charge in [-0.3, -0.25) is 5.10 Å². The van der Waals surface area contributed by atoms with E-state index >= 15 is 0 Å². The number of benzene rings is 4. The molecule has 5 aromatic rings. The lowest BCUT2D eigenvalue weighted by Gasteiger charge is -2.13. The maximum Gasteiger partial charge on any atom is 0.177 e. The van der Waals surface area contributed by atoms with Crippen molar-refractivity contribution >= 4 is 67.6 Å². The van der Waals surface area contributed by atoms with Crippen LogP contribution in [0.1, 0.15) is 5.56 Å². The minimum Gasteiger partial charge on any atom is -0.257 e. The Bertz CT molecular complexity index is 1220. The zero-order valence-electron chi connectivity index (χ0n) is 12.6. The molecule has 1 aromatic heterocycles. The molecule has 5 rings (SSSR count). The Morgan fingerprint density at radius 2 is 1.62 bits per heavy atom. The Hall–Kier alpha value is -1.95. The van der Waals surface area contributed by atoms with E-state index in [0.717, 1.165) is 14.0 Å². The van der Waals surface area contributed by atoms with Crippen molar-refractivity contribution in [3.63, 3.8) is 0 Å². The van der Waals surface area contributed by atoms with Crippen molar-refractivity contribution in [3.8, 4) is 0 Å². The van der Waals surface area contributed by atoms with Crippen LogP contribution in [0.4, 0.5) is 0 Å². The molecule has 0 aliphatic rings. The summed E-state index contributed by atoms with van der Waals surface area (Å²) in [6.45, 7) is 0. The fraction of sp³-hybridized carbons (Fsp3) is 0.0526. The average Bonchev–Trinajstić information content (AvgIpc) is 3.04. The van der Waals surface area contributed by atoms with E-state index in [4.69, 9.17) is 12.2 Å². The van der Waals surface area contributed by atoms with Gasteiger partial charge in [-0.2, -0.15) is 5.10 Å². The molecular weight excluding hydrogens is 352 g/mol. The Balaban J connectivity index is 1.70. The Labute approximate surface area is 151 Å². The van der Waals surface area contributed by atoms with Gasteiger partial charge in [0.25, 0.3) is 0 Å². The van der Waals surface area contributed by atoms with Crippen molar-refractivity contribution < 1.29 is 0 Å². The SMILES string of the molecule is S=c1[nH]nc(SCc2ccc3ccc4cccc5ccc2c3c45)s1. The van der Waals surface area contributed by atoms with Crippen LogP contribution in [0.2, 0.25) is 0 Å². The number of hydrogen-bond acceptors (Lipinski definition) is 4. The van der Waals surface area contributed by atoms with Crippen molar-refractivity contribution in [2.24, 2.45) is 0 Å². The lowest BCUT2D eigenvalue weighted by atomic mass is 9.92. The molecule has 0 unspecified atom stereocenters. The van der Waals surface area contributed by atoms with E-state index in [1.807, 2.05) is 0 Å². The van der Waals surface area contributed by atoms with Crippen molar-refractivity contribution in [2.45, 2.75) is 10.1 Å². The van der Waals surface area contributed by atoms with Crippen LogP contribution in [0, 0.1) is 3.95 Å². The van der Waals surface area contributed by atoms with Gasteiger partial charge in [0.1, 0.15) is 0 Å². The number of hydrogen-bond donors (Lipinski definition) is 1. The number of aromatic amines is 1. The predicted molar refractivity (Wildman–Crippen MR) is 107 cm³/mol. The molecule has 2 nitrogen and oxygen atoms in total. The summed E-state index contributed by atoms with van der Waals surface area (Å²) in [6, 6.07) is 19.9. The molecule has 0 fully saturated rings. The van der Waals surface area contributed by atoms with E-state index in [9.17, 15) is 0 Å². The second-order valence-corrected chi connectivity index (χ2v) is 8.64. The van der Waals surface area contributed by atoms with E-state index in [0.29, 0.717) is 0 Å². The number of H-pyrrole nitrogens is 1. The molecule has 0 bridgehead atoms. The molecule has 4 aromatic carbocycles. The van der Waals surface area contributed by atoms with Crippen LogP contribution in [0.3, 0.4) is 0 Å². The van der Waals surface area contributed by atoms with Gasteiger partial charge in [-0.25, -0.2) is 0 Å². The number of rotatable bonds is 3. The third kappa shape index (κ3) is 2.24. The molecule has 0 aliphatic carbocycles. The maximum absolute atomic E-state index is 5.11. The van der Waals surface area contributed by atoms with E-state index in [-0.39, 0.29) is 0 Å². The smallest absolute Gasteiger partial charge is 0.177 e. The summed E-state index contributed by atoms with van der Waals surface area (Å²) in [5, 5.41) is 15.1. The van der Waals surface area contributed by atoms with Crippen molar-refractivity contribution in [1.29, 1.82) is 0 Å². The quantitative estimate of drug-likeness (QED) is 0.228. The van der Waals surface area contributed by atoms with E-state index in [1.165, 1.54) is 49.2 Å². The van der Waals surface area contributed by atoms with Gasteiger partial charge in [0.2, 0.25) is 0 Å². The highest BCUT2D eigenvalue weighted by molar-refractivity contribution is 8.00. The van der Waals surface area contributed by atoms with Gasteiger partial charge in [-0.1, -0.05) is 77.7 Å². The molecule has 0 saturated heterocycles. The molecule has 0 aliphatic heterocycles. The standard InChI is InChI=1S/C19H12N2S3/c22-18-20-21-19(24-18)23-10-14-7-6-13-5-4-11-2-1-3-12-8-9-15(14)17(13)16(11)12/h1-9H,10H2,(H,20,22). The number of aromatic nitrogens is 2. The number of thioether (sulfide) groups is 1. The van der Waals surface area contributed by atoms with Crippen LogP contribution in [-0.4, -0.2) is 10.2 Å². The summed E-state index contributed by atoms with van der Waals surface area (Å²) in [5.74, 6) is 0.893. The van der Waals surface area contributed by atoms with Gasteiger partial charge < -0.3 is 0 Å². The highest BCUT2D eigenvalue weighted by atomic mass is 32.2. The van der Waals surface area contributed by atoms with Crippen LogP contribution >= 0.6 is 35.3 Å². The fourth-order valence-corrected chi connectivity index (χ4v) is 5.42. The molecule has 1 heterocycles. The first kappa shape index (κ1) is 14.4. The Kier molecular flexibility index (Phi) is 3.33. The topological polar surface area (TPSA) is 28.7 Å². The van der Waals surface area contributed by atoms with Crippen LogP contribution in [0.25, 0.3) is 32.3 Å². The third-order valence-electron chi connectivity index (χ3n) is 4.39. The lowest BCUT2D eigenvalue weighted by Crippen LogP contribution is -1.88. The molecule has 0 amide bonds. The highest BCUT2D eigenvalue weighted by Gasteiger charge is 2.11. The third-order valence-corrected chi connectivity index (χ3v) is 6.67. The second-order valence-electron chi connectivity index (χ2n) is 5.75. The van der Waals surface area contributed by atoms with Gasteiger partial charge in [0.15, 0.2) is 8.29 Å². The zero-order valence-corrected chi connectivity index (χ0v) is 15.0. The van der Waals surface area contributed by atoms with Gasteiger partial charge in [-0.15, -0.1) is 0 Å². The summed E-state index contributed by atoms with van der Waals surface area (Å²) >= 11 is 8.38. The molecule has 1 N–H and O–H groups in total. The Morgan fingerprint density at radius 1 is 0.917 bits per heavy atom. The van der Waals surface area contributed by atoms with E-state index < -0.39 is 0 Å². The molecule has 116 valence electrons. The van der Waals surface area contributed by atoms with Crippen LogP contribution in [-0.2, 0) is 5.75 Å². The van der Waals surface area contributed by atoms with Gasteiger partial charge >= 0.3 is 0 Å². The normalized spacial score (nSPS) is 11.8. The highest BCUT2D eigenvalue weighted by Crippen LogP contribution is 2.37. The monoisotopic (exact) mass is 364 g/mol. The summed E-state index contributed by atoms with van der Waals surface area (Å²) in [7, 11) is 0. The maximum atomic E-state index is 5.11. The summed E-state index contributed by atoms with van der Waals surface area (Å²) in [6.07, 6.45) is 0. The molecule has 0 saturated carbocycles. The van der Waals surface area contributed by atoms with Gasteiger partial charge in [0, 0.05) is 5.75 Å². The molecule has 0 atom stereocenters. The second kappa shape index (κ2) is 5.55. The minimum atomic E-state index is 0.730. The van der Waals surface area contributed by atoms with Crippen molar-refractivity contribution in [3.05, 3.63) is 64.1 Å². The largest absolute Gasteiger partial charge is 0.257 e. The molecule has 5 heteroatoms. The Morgan fingerprint density at radius 3 is 2.38 bits per heavy atom. The number of nitrogens with one attached hydrogen (secondary N) is 1. The molecular formula is C19H12N2S3. The van der Waals surface area contributed by atoms with Crippen LogP contribution in [0.5, 0.6) is 0 Å². The summed E-state index contributed by atoms with van der Waals surface area (Å²) < 4.78 is 1.72. The lowest BCUT2D eigenvalue weighted by molar-refractivity contribution is 1.00. The molecule has 0 spiro atoms.